The first-order valence-electron chi connectivity index (χ1n) is 6.78. The summed E-state index contributed by atoms with van der Waals surface area (Å²) in [6, 6.07) is 7.00. The molecule has 102 valence electrons. The van der Waals surface area contributed by atoms with Crippen LogP contribution in [-0.4, -0.2) is 5.75 Å². The van der Waals surface area contributed by atoms with E-state index in [0.29, 0.717) is 0 Å². The van der Waals surface area contributed by atoms with Crippen molar-refractivity contribution in [2.24, 2.45) is 5.73 Å². The average molecular weight is 310 g/mol. The molecule has 1 atom stereocenters. The SMILES string of the molecule is CCc1ccc(CC(N)c2cc3c(s2)CCSC3)s1. The quantitative estimate of drug-likeness (QED) is 0.905. The topological polar surface area (TPSA) is 26.0 Å². The monoisotopic (exact) mass is 309 g/mol. The molecule has 4 heteroatoms. The van der Waals surface area contributed by atoms with Crippen LogP contribution in [0.15, 0.2) is 18.2 Å². The van der Waals surface area contributed by atoms with Gasteiger partial charge in [0.1, 0.15) is 0 Å². The number of hydrogen-bond acceptors (Lipinski definition) is 4. The predicted octanol–water partition coefficient (Wildman–Crippen LogP) is 4.40. The van der Waals surface area contributed by atoms with Crippen LogP contribution in [-0.2, 0) is 25.0 Å². The van der Waals surface area contributed by atoms with Gasteiger partial charge in [0.05, 0.1) is 0 Å². The maximum Gasteiger partial charge on any atom is 0.0438 e. The van der Waals surface area contributed by atoms with E-state index in [-0.39, 0.29) is 6.04 Å². The van der Waals surface area contributed by atoms with Crippen LogP contribution in [0.3, 0.4) is 0 Å². The molecule has 2 aromatic rings. The van der Waals surface area contributed by atoms with Crippen molar-refractivity contribution in [3.63, 3.8) is 0 Å². The van der Waals surface area contributed by atoms with Gasteiger partial charge in [0, 0.05) is 37.7 Å². The maximum atomic E-state index is 6.40. The predicted molar refractivity (Wildman–Crippen MR) is 88.5 cm³/mol. The van der Waals surface area contributed by atoms with Gasteiger partial charge in [-0.05, 0) is 42.4 Å². The van der Waals surface area contributed by atoms with E-state index >= 15 is 0 Å². The molecule has 0 aliphatic carbocycles. The fourth-order valence-corrected chi connectivity index (χ4v) is 5.79. The minimum Gasteiger partial charge on any atom is -0.323 e. The lowest BCUT2D eigenvalue weighted by molar-refractivity contribution is 0.745. The van der Waals surface area contributed by atoms with Crippen molar-refractivity contribution in [3.05, 3.63) is 43.3 Å². The van der Waals surface area contributed by atoms with Gasteiger partial charge in [0.2, 0.25) is 0 Å². The normalized spacial score (nSPS) is 16.3. The van der Waals surface area contributed by atoms with Crippen molar-refractivity contribution < 1.29 is 0 Å². The summed E-state index contributed by atoms with van der Waals surface area (Å²) in [5.74, 6) is 2.45. The Kier molecular flexibility index (Phi) is 4.32. The summed E-state index contributed by atoms with van der Waals surface area (Å²) in [4.78, 5) is 5.83. The van der Waals surface area contributed by atoms with Gasteiger partial charge in [0.15, 0.2) is 0 Å². The minimum absolute atomic E-state index is 0.170. The van der Waals surface area contributed by atoms with E-state index in [4.69, 9.17) is 5.73 Å². The van der Waals surface area contributed by atoms with Crippen molar-refractivity contribution in [3.8, 4) is 0 Å². The molecule has 0 saturated carbocycles. The molecule has 0 spiro atoms. The molecule has 0 amide bonds. The van der Waals surface area contributed by atoms with Crippen molar-refractivity contribution in [1.29, 1.82) is 0 Å². The van der Waals surface area contributed by atoms with Crippen LogP contribution in [0.2, 0.25) is 0 Å². The lowest BCUT2D eigenvalue weighted by Crippen LogP contribution is -2.10. The highest BCUT2D eigenvalue weighted by molar-refractivity contribution is 7.98. The van der Waals surface area contributed by atoms with Crippen molar-refractivity contribution in [2.45, 2.75) is 38.0 Å². The van der Waals surface area contributed by atoms with Gasteiger partial charge in [0.25, 0.3) is 0 Å². The van der Waals surface area contributed by atoms with E-state index in [1.807, 2.05) is 34.4 Å². The Balaban J connectivity index is 1.72. The summed E-state index contributed by atoms with van der Waals surface area (Å²) in [5.41, 5.74) is 7.93. The Labute approximate surface area is 127 Å². The second-order valence-electron chi connectivity index (χ2n) is 4.93. The molecule has 19 heavy (non-hydrogen) atoms. The van der Waals surface area contributed by atoms with Gasteiger partial charge in [-0.3, -0.25) is 0 Å². The molecule has 3 rings (SSSR count). The number of thioether (sulfide) groups is 1. The largest absolute Gasteiger partial charge is 0.323 e. The van der Waals surface area contributed by atoms with E-state index in [1.54, 1.807) is 4.88 Å². The van der Waals surface area contributed by atoms with Gasteiger partial charge < -0.3 is 5.73 Å². The molecule has 1 aliphatic rings. The Hall–Kier alpha value is -0.290. The fourth-order valence-electron chi connectivity index (χ4n) is 2.39. The molecule has 2 aromatic heterocycles. The van der Waals surface area contributed by atoms with E-state index < -0.39 is 0 Å². The van der Waals surface area contributed by atoms with Gasteiger partial charge in [-0.25, -0.2) is 0 Å². The number of aryl methyl sites for hydroxylation is 2. The standard InChI is InChI=1S/C15H19NS3/c1-2-11-3-4-12(18-11)8-13(16)15-7-10-9-17-6-5-14(10)19-15/h3-4,7,13H,2,5-6,8-9,16H2,1H3. The minimum atomic E-state index is 0.170. The van der Waals surface area contributed by atoms with Crippen molar-refractivity contribution >= 4 is 34.4 Å². The lowest BCUT2D eigenvalue weighted by Gasteiger charge is -2.08. The number of fused-ring (bicyclic) bond motifs is 1. The summed E-state index contributed by atoms with van der Waals surface area (Å²) in [7, 11) is 0. The number of thiophene rings is 2. The van der Waals surface area contributed by atoms with Crippen LogP contribution < -0.4 is 5.73 Å². The first-order valence-corrected chi connectivity index (χ1v) is 9.57. The Morgan fingerprint density at radius 1 is 1.26 bits per heavy atom. The van der Waals surface area contributed by atoms with Crippen LogP contribution in [0.1, 0.15) is 38.0 Å². The highest BCUT2D eigenvalue weighted by Gasteiger charge is 2.17. The highest BCUT2D eigenvalue weighted by Crippen LogP contribution is 2.35. The van der Waals surface area contributed by atoms with E-state index in [2.05, 4.69) is 25.1 Å². The Morgan fingerprint density at radius 3 is 2.84 bits per heavy atom. The van der Waals surface area contributed by atoms with Gasteiger partial charge in [-0.2, -0.15) is 11.8 Å². The summed E-state index contributed by atoms with van der Waals surface area (Å²) in [5, 5.41) is 0. The molecule has 0 radical (unpaired) electrons. The van der Waals surface area contributed by atoms with E-state index in [0.717, 1.165) is 12.8 Å². The van der Waals surface area contributed by atoms with Crippen LogP contribution in [0.5, 0.6) is 0 Å². The highest BCUT2D eigenvalue weighted by atomic mass is 32.2. The van der Waals surface area contributed by atoms with E-state index in [1.165, 1.54) is 38.1 Å². The summed E-state index contributed by atoms with van der Waals surface area (Å²) >= 11 is 5.89. The van der Waals surface area contributed by atoms with Gasteiger partial charge in [-0.1, -0.05) is 6.92 Å². The number of rotatable bonds is 4. The maximum absolute atomic E-state index is 6.40. The molecule has 0 fully saturated rings. The second-order valence-corrected chi connectivity index (χ2v) is 8.46. The van der Waals surface area contributed by atoms with Gasteiger partial charge >= 0.3 is 0 Å². The fraction of sp³-hybridized carbons (Fsp3) is 0.467. The van der Waals surface area contributed by atoms with E-state index in [9.17, 15) is 0 Å². The molecule has 0 bridgehead atoms. The van der Waals surface area contributed by atoms with Crippen LogP contribution in [0.4, 0.5) is 0 Å². The zero-order valence-electron chi connectivity index (χ0n) is 11.1. The third-order valence-corrected chi connectivity index (χ3v) is 7.13. The van der Waals surface area contributed by atoms with Crippen LogP contribution in [0.25, 0.3) is 0 Å². The third-order valence-electron chi connectivity index (χ3n) is 3.50. The summed E-state index contributed by atoms with van der Waals surface area (Å²) in [6.45, 7) is 2.21. The summed E-state index contributed by atoms with van der Waals surface area (Å²) < 4.78 is 0. The van der Waals surface area contributed by atoms with Crippen LogP contribution >= 0.6 is 34.4 Å². The van der Waals surface area contributed by atoms with Crippen LogP contribution in [0, 0.1) is 0 Å². The smallest absolute Gasteiger partial charge is 0.0438 e. The molecular weight excluding hydrogens is 290 g/mol. The third kappa shape index (κ3) is 3.07. The first-order chi connectivity index (χ1) is 9.26. The first kappa shape index (κ1) is 13.7. The number of nitrogens with two attached hydrogens (primary N) is 1. The Bertz CT molecular complexity index is 532. The zero-order valence-corrected chi connectivity index (χ0v) is 13.6. The van der Waals surface area contributed by atoms with Gasteiger partial charge in [-0.15, -0.1) is 22.7 Å². The molecule has 0 aromatic carbocycles. The molecular formula is C15H19NS3. The second kappa shape index (κ2) is 6.00. The Morgan fingerprint density at radius 2 is 2.11 bits per heavy atom. The lowest BCUT2D eigenvalue weighted by atomic mass is 10.1. The molecule has 1 aliphatic heterocycles. The zero-order chi connectivity index (χ0) is 13.2. The molecule has 3 heterocycles. The molecule has 1 unspecified atom stereocenters. The average Bonchev–Trinajstić information content (AvgIpc) is 3.04. The molecule has 2 N–H and O–H groups in total. The summed E-state index contributed by atoms with van der Waals surface area (Å²) in [6.07, 6.45) is 3.35. The van der Waals surface area contributed by atoms with Crippen molar-refractivity contribution in [1.82, 2.24) is 0 Å². The molecule has 1 nitrogen and oxygen atoms in total. The molecule has 0 saturated heterocycles. The number of hydrogen-bond donors (Lipinski definition) is 1. The van der Waals surface area contributed by atoms with Crippen molar-refractivity contribution in [2.75, 3.05) is 5.75 Å².